The summed E-state index contributed by atoms with van der Waals surface area (Å²) in [6.45, 7) is 2.60. The molecule has 0 radical (unpaired) electrons. The Bertz CT molecular complexity index is 1330. The number of ether oxygens (including phenoxy) is 1. The smallest absolute Gasteiger partial charge is 0.408 e. The van der Waals surface area contributed by atoms with Crippen molar-refractivity contribution < 1.29 is 27.5 Å². The fourth-order valence-corrected chi connectivity index (χ4v) is 6.51. The first-order chi connectivity index (χ1) is 19.6. The van der Waals surface area contributed by atoms with Crippen molar-refractivity contribution in [3.05, 3.63) is 71.8 Å². The zero-order valence-corrected chi connectivity index (χ0v) is 24.3. The molecule has 3 amide bonds. The summed E-state index contributed by atoms with van der Waals surface area (Å²) in [5.41, 5.74) is 7.38. The molecular weight excluding hydrogens is 544 g/mol. The van der Waals surface area contributed by atoms with Crippen LogP contribution in [0, 0.1) is 17.9 Å². The second-order valence-corrected chi connectivity index (χ2v) is 12.5. The fourth-order valence-electron chi connectivity index (χ4n) is 4.49. The SMILES string of the molecule is C[C@H](N)C(=O)N(C#CCNC(=O)OCc1ccccc1)C(=O)C(Cc1ccccc1)CS(=O)(=O)C1CCN(C)CC1. The molecule has 1 aliphatic heterocycles. The highest BCUT2D eigenvalue weighted by Gasteiger charge is 2.37. The number of likely N-dealkylation sites (tertiary alicyclic amines) is 1. The van der Waals surface area contributed by atoms with Gasteiger partial charge >= 0.3 is 6.09 Å². The molecule has 1 heterocycles. The minimum Gasteiger partial charge on any atom is -0.445 e. The number of carbonyl (C=O) groups is 3. The van der Waals surface area contributed by atoms with Crippen LogP contribution in [-0.4, -0.2) is 79.9 Å². The molecule has 2 atom stereocenters. The highest BCUT2D eigenvalue weighted by Crippen LogP contribution is 2.23. The first-order valence-electron chi connectivity index (χ1n) is 13.6. The number of alkyl carbamates (subject to hydrolysis) is 1. The van der Waals surface area contributed by atoms with Crippen LogP contribution in [0.25, 0.3) is 0 Å². The van der Waals surface area contributed by atoms with Crippen molar-refractivity contribution in [1.82, 2.24) is 15.1 Å². The molecule has 0 saturated carbocycles. The Labute approximate surface area is 242 Å². The van der Waals surface area contributed by atoms with Gasteiger partial charge in [0.05, 0.1) is 29.5 Å². The quantitative estimate of drug-likeness (QED) is 0.320. The van der Waals surface area contributed by atoms with Gasteiger partial charge in [0, 0.05) is 6.04 Å². The number of sulfone groups is 1. The second kappa shape index (κ2) is 15.3. The third kappa shape index (κ3) is 10.0. The Kier molecular flexibility index (Phi) is 11.9. The van der Waals surface area contributed by atoms with Crippen LogP contribution >= 0.6 is 0 Å². The number of amides is 3. The van der Waals surface area contributed by atoms with Gasteiger partial charge in [-0.3, -0.25) is 9.59 Å². The number of rotatable bonds is 10. The molecule has 220 valence electrons. The Hall–Kier alpha value is -3.72. The molecule has 3 N–H and O–H groups in total. The Morgan fingerprint density at radius 1 is 1.02 bits per heavy atom. The first kappa shape index (κ1) is 31.8. The molecule has 0 bridgehead atoms. The second-order valence-electron chi connectivity index (χ2n) is 10.2. The lowest BCUT2D eigenvalue weighted by Crippen LogP contribution is -2.48. The van der Waals surface area contributed by atoms with Crippen LogP contribution in [0.4, 0.5) is 4.79 Å². The highest BCUT2D eigenvalue weighted by atomic mass is 32.2. The van der Waals surface area contributed by atoms with Crippen LogP contribution < -0.4 is 11.1 Å². The van der Waals surface area contributed by atoms with Gasteiger partial charge in [0.2, 0.25) is 5.91 Å². The standard InChI is InChI=1S/C30H38N4O6S/c1-23(31)28(35)34(17-9-16-32-30(37)40-21-25-12-7-4-8-13-25)29(36)26(20-24-10-5-3-6-11-24)22-41(38,39)27-14-18-33(2)19-15-27/h3-8,10-13,23,26-27H,14-16,18-22,31H2,1-2H3,(H,32,37)/t23-,26?/m0/s1. The molecule has 10 nitrogen and oxygen atoms in total. The van der Waals surface area contributed by atoms with Gasteiger partial charge in [0.15, 0.2) is 9.84 Å². The van der Waals surface area contributed by atoms with Gasteiger partial charge in [0.1, 0.15) is 6.61 Å². The Balaban J connectivity index is 1.75. The Morgan fingerprint density at radius 2 is 1.61 bits per heavy atom. The maximum absolute atomic E-state index is 13.8. The molecule has 1 saturated heterocycles. The van der Waals surface area contributed by atoms with Crippen LogP contribution in [0.1, 0.15) is 30.9 Å². The van der Waals surface area contributed by atoms with E-state index in [0.717, 1.165) is 11.1 Å². The van der Waals surface area contributed by atoms with Crippen molar-refractivity contribution in [2.45, 2.75) is 44.1 Å². The van der Waals surface area contributed by atoms with Crippen LogP contribution in [0.15, 0.2) is 60.7 Å². The predicted octanol–water partition coefficient (Wildman–Crippen LogP) is 1.94. The van der Waals surface area contributed by atoms with E-state index in [2.05, 4.69) is 22.2 Å². The molecule has 0 aromatic heterocycles. The summed E-state index contributed by atoms with van der Waals surface area (Å²) >= 11 is 0. The van der Waals surface area contributed by atoms with Gasteiger partial charge in [-0.1, -0.05) is 66.6 Å². The molecule has 0 aliphatic carbocycles. The molecule has 1 unspecified atom stereocenters. The number of nitrogens with two attached hydrogens (primary N) is 1. The van der Waals surface area contributed by atoms with Crippen molar-refractivity contribution in [2.75, 3.05) is 32.4 Å². The predicted molar refractivity (Wildman–Crippen MR) is 156 cm³/mol. The molecule has 1 aliphatic rings. The number of hydrogen-bond donors (Lipinski definition) is 2. The number of nitrogens with one attached hydrogen (secondary N) is 1. The van der Waals surface area contributed by atoms with Crippen LogP contribution in [0.2, 0.25) is 0 Å². The van der Waals surface area contributed by atoms with Crippen molar-refractivity contribution in [2.24, 2.45) is 11.7 Å². The van der Waals surface area contributed by atoms with Gasteiger partial charge in [-0.05, 0) is 57.5 Å². The number of hydrogen-bond acceptors (Lipinski definition) is 8. The summed E-state index contributed by atoms with van der Waals surface area (Å²) in [5, 5.41) is 1.90. The van der Waals surface area contributed by atoms with Crippen LogP contribution in [0.5, 0.6) is 0 Å². The normalized spacial score (nSPS) is 15.6. The largest absolute Gasteiger partial charge is 0.445 e. The van der Waals surface area contributed by atoms with Crippen molar-refractivity contribution in [3.63, 3.8) is 0 Å². The van der Waals surface area contributed by atoms with Crippen molar-refractivity contribution in [1.29, 1.82) is 0 Å². The monoisotopic (exact) mass is 582 g/mol. The van der Waals surface area contributed by atoms with E-state index in [-0.39, 0.29) is 19.6 Å². The average molecular weight is 583 g/mol. The summed E-state index contributed by atoms with van der Waals surface area (Å²) in [6.07, 6.45) is 0.365. The zero-order chi connectivity index (χ0) is 29.8. The fraction of sp³-hybridized carbons (Fsp3) is 0.433. The molecule has 0 spiro atoms. The van der Waals surface area contributed by atoms with Crippen molar-refractivity contribution >= 4 is 27.7 Å². The van der Waals surface area contributed by atoms with E-state index in [0.29, 0.717) is 30.8 Å². The van der Waals surface area contributed by atoms with E-state index in [4.69, 9.17) is 10.5 Å². The summed E-state index contributed by atoms with van der Waals surface area (Å²) in [7, 11) is -1.71. The molecule has 3 rings (SSSR count). The van der Waals surface area contributed by atoms with Crippen LogP contribution in [0.3, 0.4) is 0 Å². The lowest BCUT2D eigenvalue weighted by atomic mass is 9.99. The number of piperidine rings is 1. The summed E-state index contributed by atoms with van der Waals surface area (Å²) in [5.74, 6) is -0.377. The number of carbonyl (C=O) groups excluding carboxylic acids is 3. The minimum atomic E-state index is -3.65. The molecule has 1 fully saturated rings. The molecule has 2 aromatic rings. The van der Waals surface area contributed by atoms with Crippen LogP contribution in [-0.2, 0) is 37.2 Å². The molecule has 41 heavy (non-hydrogen) atoms. The molecule has 11 heteroatoms. The van der Waals surface area contributed by atoms with Crippen molar-refractivity contribution in [3.8, 4) is 12.0 Å². The van der Waals surface area contributed by atoms with Gasteiger partial charge in [-0.2, -0.15) is 0 Å². The van der Waals surface area contributed by atoms with E-state index < -0.39 is 50.7 Å². The zero-order valence-electron chi connectivity index (χ0n) is 23.5. The van der Waals surface area contributed by atoms with E-state index in [9.17, 15) is 22.8 Å². The van der Waals surface area contributed by atoms with E-state index in [1.54, 1.807) is 24.3 Å². The third-order valence-corrected chi connectivity index (χ3v) is 9.19. The van der Waals surface area contributed by atoms with Gasteiger partial charge in [-0.25, -0.2) is 18.1 Å². The average Bonchev–Trinajstić information content (AvgIpc) is 2.96. The number of imide groups is 1. The van der Waals surface area contributed by atoms with Gasteiger partial charge < -0.3 is 20.7 Å². The maximum atomic E-state index is 13.8. The lowest BCUT2D eigenvalue weighted by molar-refractivity contribution is -0.143. The lowest BCUT2D eigenvalue weighted by Gasteiger charge is -2.30. The van der Waals surface area contributed by atoms with Gasteiger partial charge in [-0.15, -0.1) is 0 Å². The van der Waals surface area contributed by atoms with Gasteiger partial charge in [0.25, 0.3) is 5.91 Å². The van der Waals surface area contributed by atoms with E-state index in [1.807, 2.05) is 43.4 Å². The maximum Gasteiger partial charge on any atom is 0.408 e. The third-order valence-electron chi connectivity index (χ3n) is 6.84. The minimum absolute atomic E-state index is 0.0702. The summed E-state index contributed by atoms with van der Waals surface area (Å²) in [4.78, 5) is 41.5. The topological polar surface area (TPSA) is 139 Å². The highest BCUT2D eigenvalue weighted by molar-refractivity contribution is 7.92. The van der Waals surface area contributed by atoms with E-state index >= 15 is 0 Å². The Morgan fingerprint density at radius 3 is 2.20 bits per heavy atom. The number of benzene rings is 2. The number of nitrogens with zero attached hydrogens (tertiary/aromatic N) is 2. The molecular formula is C30H38N4O6S. The first-order valence-corrected chi connectivity index (χ1v) is 15.3. The summed E-state index contributed by atoms with van der Waals surface area (Å²) in [6, 6.07) is 19.6. The molecule has 2 aromatic carbocycles. The summed E-state index contributed by atoms with van der Waals surface area (Å²) < 4.78 is 32.0. The van der Waals surface area contributed by atoms with E-state index in [1.165, 1.54) is 6.92 Å².